The summed E-state index contributed by atoms with van der Waals surface area (Å²) in [6.45, 7) is 11.3. The van der Waals surface area contributed by atoms with Gasteiger partial charge in [-0.15, -0.1) is 0 Å². The summed E-state index contributed by atoms with van der Waals surface area (Å²) in [7, 11) is 1.60. The maximum atomic E-state index is 13.9. The van der Waals surface area contributed by atoms with Crippen molar-refractivity contribution in [3.8, 4) is 12.1 Å². The fourth-order valence-electron chi connectivity index (χ4n) is 5.61. The van der Waals surface area contributed by atoms with Crippen LogP contribution in [0.2, 0.25) is 0 Å². The summed E-state index contributed by atoms with van der Waals surface area (Å²) in [5.41, 5.74) is 2.59. The monoisotopic (exact) mass is 553 g/mol. The number of aryl methyl sites for hydroxylation is 1. The van der Waals surface area contributed by atoms with Crippen molar-refractivity contribution in [2.45, 2.75) is 58.2 Å². The molecule has 4 aromatic rings. The largest absolute Gasteiger partial charge is 0.363 e. The Morgan fingerprint density at radius 2 is 1.76 bits per heavy atom. The molecule has 0 bridgehead atoms. The maximum absolute atomic E-state index is 13.9. The van der Waals surface area contributed by atoms with Gasteiger partial charge in [-0.25, -0.2) is 9.37 Å². The topological polar surface area (TPSA) is 115 Å². The molecular formula is C31H32FN7O2. The van der Waals surface area contributed by atoms with Crippen LogP contribution >= 0.6 is 0 Å². The minimum Gasteiger partial charge on any atom is -0.363 e. The molecule has 4 heterocycles. The molecule has 1 aromatic carbocycles. The Hall–Kier alpha value is -4.54. The molecule has 1 saturated heterocycles. The first-order chi connectivity index (χ1) is 19.4. The maximum Gasteiger partial charge on any atom is 0.270 e. The summed E-state index contributed by atoms with van der Waals surface area (Å²) in [5.74, 6) is 0.434. The van der Waals surface area contributed by atoms with Gasteiger partial charge in [0.2, 0.25) is 0 Å². The van der Waals surface area contributed by atoms with Gasteiger partial charge >= 0.3 is 0 Å². The number of halogens is 1. The second-order valence-electron chi connectivity index (χ2n) is 11.7. The van der Waals surface area contributed by atoms with Gasteiger partial charge in [-0.3, -0.25) is 9.69 Å². The van der Waals surface area contributed by atoms with Crippen LogP contribution in [0.15, 0.2) is 51.8 Å². The summed E-state index contributed by atoms with van der Waals surface area (Å²) >= 11 is 0. The molecule has 0 amide bonds. The Morgan fingerprint density at radius 3 is 2.37 bits per heavy atom. The summed E-state index contributed by atoms with van der Waals surface area (Å²) < 4.78 is 21.1. The van der Waals surface area contributed by atoms with E-state index in [1.165, 1.54) is 16.7 Å². The van der Waals surface area contributed by atoms with Gasteiger partial charge in [0.05, 0.1) is 17.2 Å². The zero-order valence-corrected chi connectivity index (χ0v) is 24.0. The van der Waals surface area contributed by atoms with Gasteiger partial charge in [0.25, 0.3) is 5.56 Å². The molecule has 210 valence electrons. The fourth-order valence-corrected chi connectivity index (χ4v) is 5.61. The van der Waals surface area contributed by atoms with Crippen LogP contribution in [0.5, 0.6) is 0 Å². The highest BCUT2D eigenvalue weighted by Gasteiger charge is 2.38. The van der Waals surface area contributed by atoms with Gasteiger partial charge in [0, 0.05) is 43.7 Å². The van der Waals surface area contributed by atoms with E-state index in [0.29, 0.717) is 29.8 Å². The predicted molar refractivity (Wildman–Crippen MR) is 153 cm³/mol. The van der Waals surface area contributed by atoms with Gasteiger partial charge < -0.3 is 14.0 Å². The normalized spacial score (nSPS) is 18.7. The van der Waals surface area contributed by atoms with Crippen LogP contribution in [-0.2, 0) is 12.5 Å². The molecule has 5 rings (SSSR count). The van der Waals surface area contributed by atoms with Crippen molar-refractivity contribution in [2.24, 2.45) is 7.05 Å². The molecule has 1 aliphatic rings. The minimum absolute atomic E-state index is 0.00325. The number of fused-ring (bicyclic) bond motifs is 1. The van der Waals surface area contributed by atoms with Crippen molar-refractivity contribution in [3.63, 3.8) is 0 Å². The number of rotatable bonds is 4. The van der Waals surface area contributed by atoms with Crippen LogP contribution in [0.3, 0.4) is 0 Å². The van der Waals surface area contributed by atoms with E-state index in [2.05, 4.69) is 54.9 Å². The van der Waals surface area contributed by atoms with Crippen molar-refractivity contribution in [1.29, 1.82) is 10.5 Å². The summed E-state index contributed by atoms with van der Waals surface area (Å²) in [4.78, 5) is 22.1. The number of piperazine rings is 1. The van der Waals surface area contributed by atoms with E-state index in [0.717, 1.165) is 17.0 Å². The lowest BCUT2D eigenvalue weighted by Crippen LogP contribution is -2.58. The highest BCUT2D eigenvalue weighted by Crippen LogP contribution is 2.38. The molecule has 9 nitrogen and oxygen atoms in total. The van der Waals surface area contributed by atoms with Crippen molar-refractivity contribution < 1.29 is 8.91 Å². The molecule has 3 aromatic heterocycles. The smallest absolute Gasteiger partial charge is 0.270 e. The van der Waals surface area contributed by atoms with E-state index < -0.39 is 5.56 Å². The Bertz CT molecular complexity index is 1760. The first-order valence-corrected chi connectivity index (χ1v) is 13.5. The molecule has 1 aliphatic heterocycles. The van der Waals surface area contributed by atoms with E-state index >= 15 is 0 Å². The summed E-state index contributed by atoms with van der Waals surface area (Å²) in [5, 5.41) is 24.0. The van der Waals surface area contributed by atoms with Gasteiger partial charge in [0.1, 0.15) is 46.2 Å². The quantitative estimate of drug-likeness (QED) is 0.354. The third kappa shape index (κ3) is 4.96. The van der Waals surface area contributed by atoms with Gasteiger partial charge in [0.15, 0.2) is 0 Å². The number of hydrogen-bond donors (Lipinski definition) is 0. The number of nitriles is 2. The number of anilines is 1. The van der Waals surface area contributed by atoms with Crippen LogP contribution in [-0.4, -0.2) is 44.8 Å². The molecule has 3 atom stereocenters. The Labute approximate surface area is 238 Å². The highest BCUT2D eigenvalue weighted by atomic mass is 19.1. The third-order valence-electron chi connectivity index (χ3n) is 7.83. The molecule has 1 unspecified atom stereocenters. The van der Waals surface area contributed by atoms with Crippen molar-refractivity contribution in [2.75, 3.05) is 18.0 Å². The SMILES string of the molecule is C[C@H]1CN(C(c2ccc(F)cc2)c2cc(C(C)(C)C)on2)[C@@H](C)CN1c1c(C#N)c(=O)n(C)c2ccc(C#N)nc12. The molecule has 0 radical (unpaired) electrons. The number of nitrogens with zero attached hydrogens (tertiary/aromatic N) is 7. The lowest BCUT2D eigenvalue weighted by atomic mass is 9.91. The third-order valence-corrected chi connectivity index (χ3v) is 7.83. The lowest BCUT2D eigenvalue weighted by molar-refractivity contribution is 0.125. The average molecular weight is 554 g/mol. The highest BCUT2D eigenvalue weighted by molar-refractivity contribution is 5.92. The lowest BCUT2D eigenvalue weighted by Gasteiger charge is -2.48. The Balaban J connectivity index is 1.60. The van der Waals surface area contributed by atoms with E-state index in [9.17, 15) is 19.7 Å². The van der Waals surface area contributed by atoms with Crippen molar-refractivity contribution >= 4 is 16.7 Å². The van der Waals surface area contributed by atoms with Crippen LogP contribution in [0, 0.1) is 28.5 Å². The van der Waals surface area contributed by atoms with Gasteiger partial charge in [-0.1, -0.05) is 38.1 Å². The zero-order valence-electron chi connectivity index (χ0n) is 24.0. The Morgan fingerprint density at radius 1 is 1.05 bits per heavy atom. The predicted octanol–water partition coefficient (Wildman–Crippen LogP) is 4.79. The molecule has 1 fully saturated rings. The van der Waals surface area contributed by atoms with E-state index in [-0.39, 0.29) is 40.6 Å². The molecule has 0 saturated carbocycles. The number of pyridine rings is 2. The molecule has 0 aliphatic carbocycles. The van der Waals surface area contributed by atoms with Gasteiger partial charge in [-0.05, 0) is 43.7 Å². The first kappa shape index (κ1) is 28.0. The van der Waals surface area contributed by atoms with Crippen molar-refractivity contribution in [1.82, 2.24) is 19.6 Å². The zero-order chi connectivity index (χ0) is 29.6. The average Bonchev–Trinajstić information content (AvgIpc) is 3.44. The van der Waals surface area contributed by atoms with Crippen LogP contribution in [0.25, 0.3) is 11.0 Å². The standard InChI is InChI=1S/C31H32FN7O2/c1-18-17-39(29-23(15-34)30(40)37(6)25-12-11-22(14-33)35-27(25)29)19(2)16-38(18)28(20-7-9-21(32)10-8-20)24-13-26(41-36-24)31(3,4)5/h7-13,18-19,28H,16-17H2,1-6H3/t18-,19-,28?/m0/s1. The number of benzene rings is 1. The summed E-state index contributed by atoms with van der Waals surface area (Å²) in [6.07, 6.45) is 0. The molecule has 0 spiro atoms. The number of hydrogen-bond acceptors (Lipinski definition) is 8. The number of aromatic nitrogens is 3. The molecular weight excluding hydrogens is 521 g/mol. The van der Waals surface area contributed by atoms with Crippen LogP contribution < -0.4 is 10.5 Å². The fraction of sp³-hybridized carbons (Fsp3) is 0.387. The van der Waals surface area contributed by atoms with E-state index in [4.69, 9.17) is 4.52 Å². The van der Waals surface area contributed by atoms with E-state index in [1.807, 2.05) is 17.9 Å². The van der Waals surface area contributed by atoms with Crippen LogP contribution in [0.4, 0.5) is 10.1 Å². The summed E-state index contributed by atoms with van der Waals surface area (Å²) in [6, 6.07) is 15.3. The first-order valence-electron chi connectivity index (χ1n) is 13.5. The van der Waals surface area contributed by atoms with E-state index in [1.54, 1.807) is 31.3 Å². The van der Waals surface area contributed by atoms with Gasteiger partial charge in [-0.2, -0.15) is 10.5 Å². The molecule has 41 heavy (non-hydrogen) atoms. The van der Waals surface area contributed by atoms with Crippen molar-refractivity contribution in [3.05, 3.63) is 86.9 Å². The molecule has 10 heteroatoms. The molecule has 0 N–H and O–H groups in total. The minimum atomic E-state index is -0.412. The second kappa shape index (κ2) is 10.5. The van der Waals surface area contributed by atoms with Crippen LogP contribution in [0.1, 0.15) is 68.9 Å². The second-order valence-corrected chi connectivity index (χ2v) is 11.7. The Kier molecular flexibility index (Phi) is 7.14.